The summed E-state index contributed by atoms with van der Waals surface area (Å²) in [5, 5.41) is 26.5. The van der Waals surface area contributed by atoms with Gasteiger partial charge in [0.05, 0.1) is 6.10 Å². The molecule has 0 aliphatic carbocycles. The maximum atomic E-state index is 12.6. The zero-order valence-electron chi connectivity index (χ0n) is 17.8. The smallest absolute Gasteiger partial charge is 0.251 e. The van der Waals surface area contributed by atoms with Crippen LogP contribution < -0.4 is 16.4 Å². The van der Waals surface area contributed by atoms with E-state index in [2.05, 4.69) is 15.6 Å². The zero-order valence-corrected chi connectivity index (χ0v) is 18.5. The van der Waals surface area contributed by atoms with Crippen molar-refractivity contribution in [3.8, 4) is 5.75 Å². The minimum Gasteiger partial charge on any atom is -0.508 e. The molecular formula is C24H27ClN4O3. The van der Waals surface area contributed by atoms with E-state index in [-0.39, 0.29) is 24.2 Å². The van der Waals surface area contributed by atoms with Crippen LogP contribution in [0.15, 0.2) is 60.8 Å². The standard InChI is InChI=1S/C24H27ClN4O3/c1-15(27-14-22(31)19-5-6-23(26)28-13-19)7-16-3-2-4-18(8-16)24(32)29-12-17-9-20(25)11-21(30)10-17/h2-6,8-11,13,15,22,27,30-31H,7,12,14H2,1H3,(H2,26,28)(H,29,32)/t15-,22+/m1/s1. The van der Waals surface area contributed by atoms with E-state index in [4.69, 9.17) is 17.3 Å². The van der Waals surface area contributed by atoms with Gasteiger partial charge >= 0.3 is 0 Å². The lowest BCUT2D eigenvalue weighted by molar-refractivity contribution is 0.0950. The molecular weight excluding hydrogens is 428 g/mol. The maximum absolute atomic E-state index is 12.6. The highest BCUT2D eigenvalue weighted by Crippen LogP contribution is 2.19. The van der Waals surface area contributed by atoms with E-state index in [1.54, 1.807) is 36.5 Å². The van der Waals surface area contributed by atoms with Crippen molar-refractivity contribution in [2.45, 2.75) is 32.0 Å². The first-order valence-electron chi connectivity index (χ1n) is 10.3. The predicted molar refractivity (Wildman–Crippen MR) is 126 cm³/mol. The van der Waals surface area contributed by atoms with Crippen LogP contribution >= 0.6 is 11.6 Å². The number of nitrogen functional groups attached to an aromatic ring is 1. The Morgan fingerprint density at radius 3 is 2.69 bits per heavy atom. The largest absolute Gasteiger partial charge is 0.508 e. The van der Waals surface area contributed by atoms with E-state index in [1.807, 2.05) is 25.1 Å². The molecule has 0 saturated carbocycles. The predicted octanol–water partition coefficient (Wildman–Crippen LogP) is 3.21. The van der Waals surface area contributed by atoms with Gasteiger partial charge in [-0.15, -0.1) is 0 Å². The van der Waals surface area contributed by atoms with Gasteiger partial charge in [0.1, 0.15) is 11.6 Å². The topological polar surface area (TPSA) is 120 Å². The second kappa shape index (κ2) is 10.9. The average molecular weight is 455 g/mol. The van der Waals surface area contributed by atoms with Gasteiger partial charge < -0.3 is 26.6 Å². The van der Waals surface area contributed by atoms with Crippen molar-refractivity contribution < 1.29 is 15.0 Å². The SMILES string of the molecule is C[C@H](Cc1cccc(C(=O)NCc2cc(O)cc(Cl)c2)c1)NC[C@H](O)c1ccc(N)nc1. The fourth-order valence-corrected chi connectivity index (χ4v) is 3.58. The third-order valence-electron chi connectivity index (χ3n) is 4.98. The summed E-state index contributed by atoms with van der Waals surface area (Å²) < 4.78 is 0. The molecule has 3 aromatic rings. The summed E-state index contributed by atoms with van der Waals surface area (Å²) in [4.78, 5) is 16.5. The van der Waals surface area contributed by atoms with Crippen molar-refractivity contribution in [2.24, 2.45) is 0 Å². The molecule has 7 nitrogen and oxygen atoms in total. The number of nitrogens with two attached hydrogens (primary N) is 1. The molecule has 0 fully saturated rings. The molecule has 8 heteroatoms. The van der Waals surface area contributed by atoms with Crippen molar-refractivity contribution in [3.05, 3.63) is 88.1 Å². The Labute approximate surface area is 192 Å². The number of nitrogens with zero attached hydrogens (tertiary/aromatic N) is 1. The van der Waals surface area contributed by atoms with E-state index in [0.717, 1.165) is 5.56 Å². The number of anilines is 1. The van der Waals surface area contributed by atoms with Gasteiger partial charge in [-0.25, -0.2) is 4.98 Å². The number of hydrogen-bond acceptors (Lipinski definition) is 6. The number of carbonyl (C=O) groups is 1. The van der Waals surface area contributed by atoms with Gasteiger partial charge in [-0.3, -0.25) is 4.79 Å². The molecule has 6 N–H and O–H groups in total. The van der Waals surface area contributed by atoms with E-state index in [1.165, 1.54) is 6.07 Å². The molecule has 0 aliphatic heterocycles. The number of phenolic OH excluding ortho intramolecular Hbond substituents is 1. The van der Waals surface area contributed by atoms with E-state index in [9.17, 15) is 15.0 Å². The number of aliphatic hydroxyl groups is 1. The lowest BCUT2D eigenvalue weighted by Gasteiger charge is -2.18. The van der Waals surface area contributed by atoms with Crippen molar-refractivity contribution >= 4 is 23.3 Å². The number of amides is 1. The summed E-state index contributed by atoms with van der Waals surface area (Å²) in [5.74, 6) is 0.262. The number of phenols is 1. The molecule has 0 aliphatic rings. The molecule has 1 aromatic heterocycles. The number of pyridine rings is 1. The molecule has 0 radical (unpaired) electrons. The summed E-state index contributed by atoms with van der Waals surface area (Å²) in [7, 11) is 0. The van der Waals surface area contributed by atoms with Crippen molar-refractivity contribution in [1.82, 2.24) is 15.6 Å². The van der Waals surface area contributed by atoms with Gasteiger partial charge in [0.2, 0.25) is 0 Å². The maximum Gasteiger partial charge on any atom is 0.251 e. The van der Waals surface area contributed by atoms with E-state index in [0.29, 0.717) is 40.5 Å². The first-order chi connectivity index (χ1) is 15.3. The quantitative estimate of drug-likeness (QED) is 0.338. The average Bonchev–Trinajstić information content (AvgIpc) is 2.76. The molecule has 168 valence electrons. The number of nitrogens with one attached hydrogen (secondary N) is 2. The summed E-state index contributed by atoms with van der Waals surface area (Å²) >= 11 is 5.94. The van der Waals surface area contributed by atoms with Crippen LogP contribution in [0.2, 0.25) is 5.02 Å². The highest BCUT2D eigenvalue weighted by molar-refractivity contribution is 6.30. The highest BCUT2D eigenvalue weighted by Gasteiger charge is 2.12. The molecule has 0 saturated heterocycles. The number of rotatable bonds is 9. The van der Waals surface area contributed by atoms with Gasteiger partial charge in [0.25, 0.3) is 5.91 Å². The minimum atomic E-state index is -0.686. The number of aliphatic hydroxyl groups excluding tert-OH is 1. The van der Waals surface area contributed by atoms with Crippen molar-refractivity contribution in [3.63, 3.8) is 0 Å². The monoisotopic (exact) mass is 454 g/mol. The molecule has 0 bridgehead atoms. The third-order valence-corrected chi connectivity index (χ3v) is 5.20. The van der Waals surface area contributed by atoms with Crippen molar-refractivity contribution in [2.75, 3.05) is 12.3 Å². The van der Waals surface area contributed by atoms with Gasteiger partial charge in [-0.05, 0) is 60.9 Å². The van der Waals surface area contributed by atoms with Crippen LogP contribution in [-0.2, 0) is 13.0 Å². The zero-order chi connectivity index (χ0) is 23.1. The first kappa shape index (κ1) is 23.5. The van der Waals surface area contributed by atoms with Crippen LogP contribution in [0.4, 0.5) is 5.82 Å². The molecule has 32 heavy (non-hydrogen) atoms. The summed E-state index contributed by atoms with van der Waals surface area (Å²) in [6.45, 7) is 2.65. The molecule has 0 unspecified atom stereocenters. The second-order valence-electron chi connectivity index (χ2n) is 7.75. The molecule has 2 atom stereocenters. The van der Waals surface area contributed by atoms with Gasteiger partial charge in [-0.2, -0.15) is 0 Å². The Balaban J connectivity index is 1.52. The number of aromatic nitrogens is 1. The van der Waals surface area contributed by atoms with Crippen LogP contribution in [0.1, 0.15) is 40.1 Å². The van der Waals surface area contributed by atoms with E-state index < -0.39 is 6.10 Å². The van der Waals surface area contributed by atoms with Gasteiger partial charge in [0, 0.05) is 41.5 Å². The molecule has 2 aromatic carbocycles. The summed E-state index contributed by atoms with van der Waals surface area (Å²) in [6.07, 6.45) is 1.57. The Hall–Kier alpha value is -3.13. The number of benzene rings is 2. The second-order valence-corrected chi connectivity index (χ2v) is 8.18. The Morgan fingerprint density at radius 1 is 1.16 bits per heavy atom. The van der Waals surface area contributed by atoms with E-state index >= 15 is 0 Å². The Bertz CT molecular complexity index is 1040. The summed E-state index contributed by atoms with van der Waals surface area (Å²) in [6, 6.07) is 15.6. The number of halogens is 1. The fraction of sp³-hybridized carbons (Fsp3) is 0.250. The highest BCUT2D eigenvalue weighted by atomic mass is 35.5. The number of hydrogen-bond donors (Lipinski definition) is 5. The lowest BCUT2D eigenvalue weighted by atomic mass is 10.0. The molecule has 1 amide bonds. The van der Waals surface area contributed by atoms with Crippen molar-refractivity contribution in [1.29, 1.82) is 0 Å². The Kier molecular flexibility index (Phi) is 8.05. The number of aromatic hydroxyl groups is 1. The van der Waals surface area contributed by atoms with Crippen LogP contribution in [0.25, 0.3) is 0 Å². The van der Waals surface area contributed by atoms with Crippen LogP contribution in [0.5, 0.6) is 5.75 Å². The minimum absolute atomic E-state index is 0.0583. The molecule has 1 heterocycles. The fourth-order valence-electron chi connectivity index (χ4n) is 3.33. The first-order valence-corrected chi connectivity index (χ1v) is 10.7. The lowest BCUT2D eigenvalue weighted by Crippen LogP contribution is -2.32. The number of carbonyl (C=O) groups excluding carboxylic acids is 1. The van der Waals surface area contributed by atoms with Crippen LogP contribution in [0.3, 0.4) is 0 Å². The van der Waals surface area contributed by atoms with Crippen LogP contribution in [0, 0.1) is 0 Å². The summed E-state index contributed by atoms with van der Waals surface area (Å²) in [5.41, 5.74) is 8.54. The van der Waals surface area contributed by atoms with Crippen LogP contribution in [-0.4, -0.2) is 33.7 Å². The van der Waals surface area contributed by atoms with Gasteiger partial charge in [-0.1, -0.05) is 29.8 Å². The third kappa shape index (κ3) is 6.95. The normalized spacial score (nSPS) is 12.8. The molecule has 3 rings (SSSR count). The molecule has 0 spiro atoms. The Morgan fingerprint density at radius 2 is 1.97 bits per heavy atom. The van der Waals surface area contributed by atoms with Gasteiger partial charge in [0.15, 0.2) is 0 Å².